The van der Waals surface area contributed by atoms with Gasteiger partial charge < -0.3 is 20.8 Å². The van der Waals surface area contributed by atoms with Gasteiger partial charge in [-0.1, -0.05) is 6.07 Å². The molecule has 0 saturated carbocycles. The summed E-state index contributed by atoms with van der Waals surface area (Å²) < 4.78 is 0. The fourth-order valence-corrected chi connectivity index (χ4v) is 2.21. The van der Waals surface area contributed by atoms with Gasteiger partial charge in [-0.15, -0.1) is 0 Å². The summed E-state index contributed by atoms with van der Waals surface area (Å²) in [4.78, 5) is 13.7. The van der Waals surface area contributed by atoms with E-state index in [0.717, 1.165) is 11.1 Å². The van der Waals surface area contributed by atoms with Crippen LogP contribution in [0, 0.1) is 13.8 Å². The van der Waals surface area contributed by atoms with E-state index in [1.807, 2.05) is 19.9 Å². The summed E-state index contributed by atoms with van der Waals surface area (Å²) in [5, 5.41) is 18.9. The number of carbonyl (C=O) groups is 1. The van der Waals surface area contributed by atoms with Crippen molar-refractivity contribution in [3.63, 3.8) is 0 Å². The molecule has 5 nitrogen and oxygen atoms in total. The van der Waals surface area contributed by atoms with Crippen LogP contribution in [0.25, 0.3) is 0 Å². The van der Waals surface area contributed by atoms with Gasteiger partial charge >= 0.3 is 0 Å². The molecule has 2 atom stereocenters. The van der Waals surface area contributed by atoms with E-state index in [2.05, 4.69) is 0 Å². The molecule has 1 heterocycles. The van der Waals surface area contributed by atoms with Gasteiger partial charge in [-0.2, -0.15) is 0 Å². The average molecular weight is 250 g/mol. The van der Waals surface area contributed by atoms with Gasteiger partial charge in [0.15, 0.2) is 0 Å². The Morgan fingerprint density at radius 2 is 1.78 bits per heavy atom. The van der Waals surface area contributed by atoms with E-state index in [9.17, 15) is 15.0 Å². The Morgan fingerprint density at radius 1 is 1.22 bits per heavy atom. The molecule has 0 bridgehead atoms. The number of benzene rings is 1. The smallest absolute Gasteiger partial charge is 0.254 e. The first-order chi connectivity index (χ1) is 8.40. The average Bonchev–Trinajstić information content (AvgIpc) is 2.63. The maximum absolute atomic E-state index is 12.3. The number of nitrogens with zero attached hydrogens (tertiary/aromatic N) is 1. The lowest BCUT2D eigenvalue weighted by Crippen LogP contribution is -2.30. The largest absolute Gasteiger partial charge is 0.398 e. The van der Waals surface area contributed by atoms with Crippen molar-refractivity contribution in [2.45, 2.75) is 26.1 Å². The summed E-state index contributed by atoms with van der Waals surface area (Å²) >= 11 is 0. The number of β-amino-alcohol motifs (C(OH)–C–C–N with tert-alkyl or cyclic N) is 2. The van der Waals surface area contributed by atoms with Crippen molar-refractivity contribution in [1.82, 2.24) is 4.90 Å². The third kappa shape index (κ3) is 2.19. The molecular weight excluding hydrogens is 232 g/mol. The highest BCUT2D eigenvalue weighted by atomic mass is 16.3. The maximum atomic E-state index is 12.3. The van der Waals surface area contributed by atoms with E-state index in [4.69, 9.17) is 5.73 Å². The van der Waals surface area contributed by atoms with Crippen LogP contribution in [0.5, 0.6) is 0 Å². The molecular formula is C13H18N2O3. The van der Waals surface area contributed by atoms with Crippen molar-refractivity contribution in [2.75, 3.05) is 18.8 Å². The first-order valence-electron chi connectivity index (χ1n) is 5.92. The summed E-state index contributed by atoms with van der Waals surface area (Å²) in [7, 11) is 0. The topological polar surface area (TPSA) is 86.8 Å². The number of amides is 1. The molecule has 1 aromatic rings. The predicted octanol–water partition coefficient (Wildman–Crippen LogP) is 0.0632. The Kier molecular flexibility index (Phi) is 3.28. The Labute approximate surface area is 106 Å². The van der Waals surface area contributed by atoms with Gasteiger partial charge in [0.25, 0.3) is 5.91 Å². The van der Waals surface area contributed by atoms with Crippen LogP contribution in [0.2, 0.25) is 0 Å². The summed E-state index contributed by atoms with van der Waals surface area (Å²) in [6, 6.07) is 3.52. The Balaban J connectivity index is 2.27. The van der Waals surface area contributed by atoms with Crippen LogP contribution in [-0.2, 0) is 0 Å². The van der Waals surface area contributed by atoms with Gasteiger partial charge in [-0.05, 0) is 31.0 Å². The van der Waals surface area contributed by atoms with Gasteiger partial charge in [0.05, 0.1) is 12.2 Å². The Bertz CT molecular complexity index is 477. The van der Waals surface area contributed by atoms with Crippen LogP contribution >= 0.6 is 0 Å². The molecule has 4 N–H and O–H groups in total. The SMILES string of the molecule is Cc1cc(C)c(C(=O)N2C[C@@H](O)[C@@H](O)C2)cc1N. The molecule has 0 spiro atoms. The van der Waals surface area contributed by atoms with E-state index < -0.39 is 12.2 Å². The molecule has 1 fully saturated rings. The molecule has 5 heteroatoms. The number of anilines is 1. The number of hydrogen-bond acceptors (Lipinski definition) is 4. The van der Waals surface area contributed by atoms with Crippen molar-refractivity contribution in [3.05, 3.63) is 28.8 Å². The third-order valence-electron chi connectivity index (χ3n) is 3.39. The summed E-state index contributed by atoms with van der Waals surface area (Å²) in [6.45, 7) is 4.06. The van der Waals surface area contributed by atoms with E-state index in [1.165, 1.54) is 4.90 Å². The van der Waals surface area contributed by atoms with Gasteiger partial charge in [-0.25, -0.2) is 0 Å². The fourth-order valence-electron chi connectivity index (χ4n) is 2.21. The summed E-state index contributed by atoms with van der Waals surface area (Å²) in [5.41, 5.74) is 8.70. The highest BCUT2D eigenvalue weighted by Gasteiger charge is 2.33. The zero-order chi connectivity index (χ0) is 13.4. The van der Waals surface area contributed by atoms with Crippen molar-refractivity contribution in [1.29, 1.82) is 0 Å². The van der Waals surface area contributed by atoms with Crippen LogP contribution < -0.4 is 5.73 Å². The Hall–Kier alpha value is -1.59. The van der Waals surface area contributed by atoms with Crippen molar-refractivity contribution in [3.8, 4) is 0 Å². The fraction of sp³-hybridized carbons (Fsp3) is 0.462. The van der Waals surface area contributed by atoms with E-state index in [1.54, 1.807) is 6.07 Å². The molecule has 1 amide bonds. The number of aliphatic hydroxyl groups is 2. The lowest BCUT2D eigenvalue weighted by molar-refractivity contribution is 0.0572. The number of nitrogen functional groups attached to an aromatic ring is 1. The first-order valence-corrected chi connectivity index (χ1v) is 5.92. The van der Waals surface area contributed by atoms with Crippen LogP contribution in [-0.4, -0.2) is 46.3 Å². The second-order valence-corrected chi connectivity index (χ2v) is 4.87. The minimum Gasteiger partial charge on any atom is -0.398 e. The van der Waals surface area contributed by atoms with Crippen LogP contribution in [0.15, 0.2) is 12.1 Å². The standard InChI is InChI=1S/C13H18N2O3/c1-7-3-8(2)10(14)4-9(7)13(18)15-5-11(16)12(17)6-15/h3-4,11-12,16-17H,5-6,14H2,1-2H3/t11-,12+. The molecule has 0 aromatic heterocycles. The van der Waals surface area contributed by atoms with Crippen molar-refractivity contribution < 1.29 is 15.0 Å². The minimum absolute atomic E-state index is 0.160. The summed E-state index contributed by atoms with van der Waals surface area (Å²) in [6.07, 6.45) is -1.73. The third-order valence-corrected chi connectivity index (χ3v) is 3.39. The Morgan fingerprint density at radius 3 is 2.33 bits per heavy atom. The number of nitrogens with two attached hydrogens (primary N) is 1. The molecule has 0 unspecified atom stereocenters. The molecule has 1 aliphatic heterocycles. The maximum Gasteiger partial charge on any atom is 0.254 e. The molecule has 1 aliphatic rings. The van der Waals surface area contributed by atoms with E-state index >= 15 is 0 Å². The lowest BCUT2D eigenvalue weighted by atomic mass is 10.0. The number of aryl methyl sites for hydroxylation is 2. The van der Waals surface area contributed by atoms with Crippen LogP contribution in [0.1, 0.15) is 21.5 Å². The molecule has 98 valence electrons. The number of aliphatic hydroxyl groups excluding tert-OH is 2. The first kappa shape index (κ1) is 12.9. The zero-order valence-electron chi connectivity index (χ0n) is 10.6. The van der Waals surface area contributed by atoms with Gasteiger partial charge in [0.1, 0.15) is 0 Å². The number of hydrogen-bond donors (Lipinski definition) is 3. The van der Waals surface area contributed by atoms with Gasteiger partial charge in [0.2, 0.25) is 0 Å². The monoisotopic (exact) mass is 250 g/mol. The highest BCUT2D eigenvalue weighted by molar-refractivity contribution is 5.97. The van der Waals surface area contributed by atoms with Crippen LogP contribution in [0.3, 0.4) is 0 Å². The second-order valence-electron chi connectivity index (χ2n) is 4.87. The molecule has 1 saturated heterocycles. The normalized spacial score (nSPS) is 23.4. The minimum atomic E-state index is -0.864. The van der Waals surface area contributed by atoms with Gasteiger partial charge in [-0.3, -0.25) is 4.79 Å². The van der Waals surface area contributed by atoms with Crippen molar-refractivity contribution >= 4 is 11.6 Å². The quantitative estimate of drug-likeness (QED) is 0.615. The van der Waals surface area contributed by atoms with Crippen LogP contribution in [0.4, 0.5) is 5.69 Å². The molecule has 2 rings (SSSR count). The molecule has 0 aliphatic carbocycles. The zero-order valence-corrected chi connectivity index (χ0v) is 10.6. The highest BCUT2D eigenvalue weighted by Crippen LogP contribution is 2.21. The molecule has 18 heavy (non-hydrogen) atoms. The van der Waals surface area contributed by atoms with E-state index in [-0.39, 0.29) is 19.0 Å². The predicted molar refractivity (Wildman–Crippen MR) is 68.2 cm³/mol. The number of carbonyl (C=O) groups excluding carboxylic acids is 1. The van der Waals surface area contributed by atoms with Gasteiger partial charge in [0, 0.05) is 24.3 Å². The molecule has 1 aromatic carbocycles. The second kappa shape index (κ2) is 4.59. The lowest BCUT2D eigenvalue weighted by Gasteiger charge is -2.17. The van der Waals surface area contributed by atoms with Crippen molar-refractivity contribution in [2.24, 2.45) is 0 Å². The van der Waals surface area contributed by atoms with E-state index in [0.29, 0.717) is 11.3 Å². The number of likely N-dealkylation sites (tertiary alicyclic amines) is 1. The number of rotatable bonds is 1. The molecule has 0 radical (unpaired) electrons. The summed E-state index contributed by atoms with van der Waals surface area (Å²) in [5.74, 6) is -0.199.